The van der Waals surface area contributed by atoms with E-state index < -0.39 is 0 Å². The highest BCUT2D eigenvalue weighted by atomic mass is 15.1. The Kier molecular flexibility index (Phi) is 4.64. The van der Waals surface area contributed by atoms with Crippen LogP contribution in [0.1, 0.15) is 51.9 Å². The summed E-state index contributed by atoms with van der Waals surface area (Å²) in [7, 11) is 2.20. The average Bonchev–Trinajstić information content (AvgIpc) is 3.01. The maximum absolute atomic E-state index is 9.33. The van der Waals surface area contributed by atoms with Crippen molar-refractivity contribution in [2.75, 3.05) is 20.1 Å². The highest BCUT2D eigenvalue weighted by Crippen LogP contribution is 2.26. The van der Waals surface area contributed by atoms with Gasteiger partial charge in [0.05, 0.1) is 6.07 Å². The molecule has 0 aliphatic heterocycles. The van der Waals surface area contributed by atoms with Crippen LogP contribution in [0, 0.1) is 17.2 Å². The Morgan fingerprint density at radius 3 is 2.50 bits per heavy atom. The standard InChI is InChI=1S/C15H27N3/c1-15(12-16,17-14-7-8-14)9-10-18(2)11-13-5-3-4-6-13/h13-14,17H,3-11H2,1-2H3. The SMILES string of the molecule is CN(CCC(C)(C#N)NC1CC1)CC1CCCC1. The predicted molar refractivity (Wildman–Crippen MR) is 74.2 cm³/mol. The van der Waals surface area contributed by atoms with E-state index in [0.717, 1.165) is 18.9 Å². The molecule has 0 radical (unpaired) electrons. The van der Waals surface area contributed by atoms with Crippen LogP contribution in [0.25, 0.3) is 0 Å². The Hall–Kier alpha value is -0.590. The lowest BCUT2D eigenvalue weighted by Crippen LogP contribution is -2.45. The van der Waals surface area contributed by atoms with Gasteiger partial charge in [-0.15, -0.1) is 0 Å². The van der Waals surface area contributed by atoms with Crippen LogP contribution in [-0.2, 0) is 0 Å². The zero-order valence-electron chi connectivity index (χ0n) is 11.9. The molecule has 1 N–H and O–H groups in total. The lowest BCUT2D eigenvalue weighted by Gasteiger charge is -2.27. The Morgan fingerprint density at radius 1 is 1.28 bits per heavy atom. The summed E-state index contributed by atoms with van der Waals surface area (Å²) in [5.74, 6) is 0.903. The lowest BCUT2D eigenvalue weighted by molar-refractivity contribution is 0.250. The van der Waals surface area contributed by atoms with Crippen LogP contribution in [0.3, 0.4) is 0 Å². The van der Waals surface area contributed by atoms with Crippen LogP contribution in [-0.4, -0.2) is 36.6 Å². The molecule has 3 nitrogen and oxygen atoms in total. The van der Waals surface area contributed by atoms with Crippen LogP contribution < -0.4 is 5.32 Å². The predicted octanol–water partition coefficient (Wildman–Crippen LogP) is 2.53. The second-order valence-electron chi connectivity index (χ2n) is 6.53. The Morgan fingerprint density at radius 2 is 1.94 bits per heavy atom. The topological polar surface area (TPSA) is 39.1 Å². The summed E-state index contributed by atoms with van der Waals surface area (Å²) < 4.78 is 0. The number of nitriles is 1. The van der Waals surface area contributed by atoms with Crippen molar-refractivity contribution in [2.45, 2.75) is 63.5 Å². The highest BCUT2D eigenvalue weighted by molar-refractivity contribution is 5.07. The summed E-state index contributed by atoms with van der Waals surface area (Å²) in [6, 6.07) is 3.07. The molecular formula is C15H27N3. The van der Waals surface area contributed by atoms with Crippen molar-refractivity contribution in [3.63, 3.8) is 0 Å². The van der Waals surface area contributed by atoms with Gasteiger partial charge in [-0.1, -0.05) is 12.8 Å². The van der Waals surface area contributed by atoms with Crippen molar-refractivity contribution in [1.29, 1.82) is 5.26 Å². The number of nitrogens with zero attached hydrogens (tertiary/aromatic N) is 2. The smallest absolute Gasteiger partial charge is 0.105 e. The molecule has 0 spiro atoms. The summed E-state index contributed by atoms with van der Waals surface area (Å²) in [5, 5.41) is 12.8. The fraction of sp³-hybridized carbons (Fsp3) is 0.933. The van der Waals surface area contributed by atoms with Crippen LogP contribution in [0.4, 0.5) is 0 Å². The monoisotopic (exact) mass is 249 g/mol. The third-order valence-corrected chi connectivity index (χ3v) is 4.38. The van der Waals surface area contributed by atoms with E-state index >= 15 is 0 Å². The minimum absolute atomic E-state index is 0.328. The van der Waals surface area contributed by atoms with Crippen molar-refractivity contribution in [1.82, 2.24) is 10.2 Å². The summed E-state index contributed by atoms with van der Waals surface area (Å²) in [6.07, 6.45) is 9.06. The zero-order valence-corrected chi connectivity index (χ0v) is 11.9. The maximum Gasteiger partial charge on any atom is 0.105 e. The van der Waals surface area contributed by atoms with E-state index in [4.69, 9.17) is 0 Å². The van der Waals surface area contributed by atoms with E-state index in [0.29, 0.717) is 6.04 Å². The van der Waals surface area contributed by atoms with Crippen LogP contribution in [0.2, 0.25) is 0 Å². The van der Waals surface area contributed by atoms with Crippen LogP contribution in [0.15, 0.2) is 0 Å². The van der Waals surface area contributed by atoms with E-state index in [9.17, 15) is 5.26 Å². The van der Waals surface area contributed by atoms with Gasteiger partial charge in [-0.3, -0.25) is 5.32 Å². The molecule has 3 heteroatoms. The van der Waals surface area contributed by atoms with E-state index in [2.05, 4.69) is 30.3 Å². The van der Waals surface area contributed by atoms with Crippen molar-refractivity contribution in [2.24, 2.45) is 5.92 Å². The molecule has 0 saturated heterocycles. The molecule has 2 aliphatic carbocycles. The van der Waals surface area contributed by atoms with Crippen molar-refractivity contribution in [3.05, 3.63) is 0 Å². The molecular weight excluding hydrogens is 222 g/mol. The van der Waals surface area contributed by atoms with Gasteiger partial charge in [0.1, 0.15) is 5.54 Å². The van der Waals surface area contributed by atoms with Gasteiger partial charge in [0.25, 0.3) is 0 Å². The Bertz CT molecular complexity index is 299. The minimum Gasteiger partial charge on any atom is -0.306 e. The van der Waals surface area contributed by atoms with Gasteiger partial charge in [0.2, 0.25) is 0 Å². The molecule has 102 valence electrons. The van der Waals surface area contributed by atoms with E-state index in [1.54, 1.807) is 0 Å². The molecule has 1 atom stereocenters. The van der Waals surface area contributed by atoms with Crippen molar-refractivity contribution in [3.8, 4) is 6.07 Å². The molecule has 0 aromatic rings. The minimum atomic E-state index is -0.328. The van der Waals surface area contributed by atoms with Gasteiger partial charge >= 0.3 is 0 Å². The molecule has 0 bridgehead atoms. The highest BCUT2D eigenvalue weighted by Gasteiger charge is 2.32. The second-order valence-corrected chi connectivity index (χ2v) is 6.53. The number of hydrogen-bond acceptors (Lipinski definition) is 3. The number of hydrogen-bond donors (Lipinski definition) is 1. The van der Waals surface area contributed by atoms with Crippen molar-refractivity contribution >= 4 is 0 Å². The molecule has 0 heterocycles. The van der Waals surface area contributed by atoms with E-state index in [-0.39, 0.29) is 5.54 Å². The molecule has 1 unspecified atom stereocenters. The first kappa shape index (κ1) is 13.8. The Balaban J connectivity index is 1.69. The van der Waals surface area contributed by atoms with Gasteiger partial charge in [-0.2, -0.15) is 5.26 Å². The van der Waals surface area contributed by atoms with Crippen LogP contribution in [0.5, 0.6) is 0 Å². The third kappa shape index (κ3) is 4.26. The molecule has 18 heavy (non-hydrogen) atoms. The molecule has 2 saturated carbocycles. The fourth-order valence-corrected chi connectivity index (χ4v) is 2.98. The lowest BCUT2D eigenvalue weighted by atomic mass is 9.99. The maximum atomic E-state index is 9.33. The van der Waals surface area contributed by atoms with Gasteiger partial charge in [0, 0.05) is 19.1 Å². The number of rotatable bonds is 7. The third-order valence-electron chi connectivity index (χ3n) is 4.38. The molecule has 2 aliphatic rings. The molecule has 0 aromatic heterocycles. The van der Waals surface area contributed by atoms with Gasteiger partial charge in [-0.25, -0.2) is 0 Å². The summed E-state index contributed by atoms with van der Waals surface area (Å²) in [6.45, 7) is 4.29. The number of nitrogens with one attached hydrogen (secondary N) is 1. The first-order valence-electron chi connectivity index (χ1n) is 7.49. The molecule has 2 fully saturated rings. The fourth-order valence-electron chi connectivity index (χ4n) is 2.98. The largest absolute Gasteiger partial charge is 0.306 e. The van der Waals surface area contributed by atoms with E-state index in [1.807, 2.05) is 0 Å². The van der Waals surface area contributed by atoms with Gasteiger partial charge in [0.15, 0.2) is 0 Å². The normalized spacial score (nSPS) is 24.1. The average molecular weight is 249 g/mol. The first-order valence-corrected chi connectivity index (χ1v) is 7.49. The summed E-state index contributed by atoms with van der Waals surface area (Å²) in [4.78, 5) is 2.42. The molecule has 2 rings (SSSR count). The second kappa shape index (κ2) is 6.04. The van der Waals surface area contributed by atoms with Crippen molar-refractivity contribution < 1.29 is 0 Å². The van der Waals surface area contributed by atoms with Gasteiger partial charge < -0.3 is 4.90 Å². The molecule has 0 amide bonds. The first-order chi connectivity index (χ1) is 8.61. The molecule has 0 aromatic carbocycles. The zero-order chi connectivity index (χ0) is 13.0. The quantitative estimate of drug-likeness (QED) is 0.753. The summed E-state index contributed by atoms with van der Waals surface area (Å²) >= 11 is 0. The summed E-state index contributed by atoms with van der Waals surface area (Å²) in [5.41, 5.74) is -0.328. The Labute approximate surface area is 112 Å². The van der Waals surface area contributed by atoms with Gasteiger partial charge in [-0.05, 0) is 52.0 Å². The van der Waals surface area contributed by atoms with Crippen LogP contribution >= 0.6 is 0 Å². The van der Waals surface area contributed by atoms with E-state index in [1.165, 1.54) is 45.1 Å².